The van der Waals surface area contributed by atoms with Crippen molar-refractivity contribution in [2.75, 3.05) is 6.54 Å². The molecule has 6 heteroatoms. The Labute approximate surface area is 120 Å². The highest BCUT2D eigenvalue weighted by Gasteiger charge is 2.34. The second-order valence-corrected chi connectivity index (χ2v) is 4.48. The summed E-state index contributed by atoms with van der Waals surface area (Å²) in [4.78, 5) is 0. The summed E-state index contributed by atoms with van der Waals surface area (Å²) >= 11 is 0. The van der Waals surface area contributed by atoms with Crippen LogP contribution in [-0.4, -0.2) is 6.54 Å². The van der Waals surface area contributed by atoms with Gasteiger partial charge >= 0.3 is 6.18 Å². The molecule has 21 heavy (non-hydrogen) atoms. The van der Waals surface area contributed by atoms with Gasteiger partial charge in [0, 0.05) is 12.1 Å². The molecule has 0 bridgehead atoms. The summed E-state index contributed by atoms with van der Waals surface area (Å²) in [5.41, 5.74) is 0.143. The van der Waals surface area contributed by atoms with Gasteiger partial charge in [-0.1, -0.05) is 19.1 Å². The third-order valence-corrected chi connectivity index (χ3v) is 2.85. The van der Waals surface area contributed by atoms with E-state index in [1.165, 1.54) is 18.2 Å². The van der Waals surface area contributed by atoms with E-state index in [1.54, 1.807) is 12.3 Å². The normalized spacial score (nSPS) is 11.6. The first kappa shape index (κ1) is 15.4. The molecule has 0 radical (unpaired) electrons. The summed E-state index contributed by atoms with van der Waals surface area (Å²) in [6, 6.07) is 6.89. The van der Waals surface area contributed by atoms with E-state index in [0.717, 1.165) is 18.2 Å². The lowest BCUT2D eigenvalue weighted by Crippen LogP contribution is -2.10. The van der Waals surface area contributed by atoms with Crippen molar-refractivity contribution in [1.82, 2.24) is 5.32 Å². The first-order valence-corrected chi connectivity index (χ1v) is 6.56. The maximum absolute atomic E-state index is 12.8. The molecule has 2 rings (SSSR count). The minimum Gasteiger partial charge on any atom is -0.485 e. The quantitative estimate of drug-likeness (QED) is 0.876. The molecule has 1 heterocycles. The van der Waals surface area contributed by atoms with Crippen LogP contribution in [0.4, 0.5) is 13.2 Å². The molecule has 0 aliphatic heterocycles. The third kappa shape index (κ3) is 4.26. The fourth-order valence-electron chi connectivity index (χ4n) is 1.84. The van der Waals surface area contributed by atoms with Crippen molar-refractivity contribution in [2.24, 2.45) is 0 Å². The monoisotopic (exact) mass is 299 g/mol. The topological polar surface area (TPSA) is 34.4 Å². The van der Waals surface area contributed by atoms with Crippen LogP contribution in [0.1, 0.15) is 23.8 Å². The zero-order chi connectivity index (χ0) is 15.3. The number of hydrogen-bond acceptors (Lipinski definition) is 3. The van der Waals surface area contributed by atoms with E-state index in [9.17, 15) is 13.2 Å². The number of alkyl halides is 3. The van der Waals surface area contributed by atoms with Crippen LogP contribution >= 0.6 is 0 Å². The molecule has 0 amide bonds. The van der Waals surface area contributed by atoms with Crippen molar-refractivity contribution in [1.29, 1.82) is 0 Å². The van der Waals surface area contributed by atoms with Crippen molar-refractivity contribution >= 4 is 0 Å². The van der Waals surface area contributed by atoms with Gasteiger partial charge < -0.3 is 14.5 Å². The summed E-state index contributed by atoms with van der Waals surface area (Å²) in [6.07, 6.45) is -2.87. The molecule has 0 atom stereocenters. The van der Waals surface area contributed by atoms with E-state index < -0.39 is 11.7 Å². The molecule has 0 aliphatic carbocycles. The van der Waals surface area contributed by atoms with Crippen molar-refractivity contribution in [3.8, 4) is 5.75 Å². The Morgan fingerprint density at radius 3 is 2.71 bits per heavy atom. The zero-order valence-electron chi connectivity index (χ0n) is 11.5. The van der Waals surface area contributed by atoms with Gasteiger partial charge in [0.2, 0.25) is 0 Å². The highest BCUT2D eigenvalue weighted by atomic mass is 19.4. The average Bonchev–Trinajstić information content (AvgIpc) is 2.90. The van der Waals surface area contributed by atoms with Crippen molar-refractivity contribution in [3.05, 3.63) is 53.5 Å². The smallest absolute Gasteiger partial charge is 0.419 e. The Morgan fingerprint density at radius 2 is 2.00 bits per heavy atom. The van der Waals surface area contributed by atoms with Gasteiger partial charge in [-0.3, -0.25) is 0 Å². The molecule has 0 unspecified atom stereocenters. The predicted molar refractivity (Wildman–Crippen MR) is 71.9 cm³/mol. The largest absolute Gasteiger partial charge is 0.485 e. The highest BCUT2D eigenvalue weighted by molar-refractivity contribution is 5.35. The second-order valence-electron chi connectivity index (χ2n) is 4.48. The van der Waals surface area contributed by atoms with Crippen LogP contribution in [0, 0.1) is 0 Å². The van der Waals surface area contributed by atoms with Crippen molar-refractivity contribution < 1.29 is 22.3 Å². The van der Waals surface area contributed by atoms with Crippen LogP contribution in [0.5, 0.6) is 5.75 Å². The Bertz CT molecular complexity index is 578. The number of ether oxygens (including phenoxy) is 1. The predicted octanol–water partition coefficient (Wildman–Crippen LogP) is 3.99. The highest BCUT2D eigenvalue weighted by Crippen LogP contribution is 2.36. The first-order valence-electron chi connectivity index (χ1n) is 6.56. The molecule has 0 saturated carbocycles. The van der Waals surface area contributed by atoms with Crippen LogP contribution in [0.25, 0.3) is 0 Å². The van der Waals surface area contributed by atoms with E-state index in [-0.39, 0.29) is 12.4 Å². The minimum absolute atomic E-state index is 0.0424. The lowest BCUT2D eigenvalue weighted by Gasteiger charge is -2.12. The molecule has 0 spiro atoms. The summed E-state index contributed by atoms with van der Waals surface area (Å²) in [5, 5.41) is 3.13. The van der Waals surface area contributed by atoms with E-state index in [2.05, 4.69) is 5.32 Å². The van der Waals surface area contributed by atoms with E-state index >= 15 is 0 Å². The van der Waals surface area contributed by atoms with Crippen LogP contribution in [0.2, 0.25) is 0 Å². The summed E-state index contributed by atoms with van der Waals surface area (Å²) < 4.78 is 48.9. The number of furan rings is 1. The van der Waals surface area contributed by atoms with E-state index in [0.29, 0.717) is 12.3 Å². The van der Waals surface area contributed by atoms with Crippen molar-refractivity contribution in [3.63, 3.8) is 0 Å². The lowest BCUT2D eigenvalue weighted by molar-refractivity contribution is -0.139. The number of rotatable bonds is 6. The Morgan fingerprint density at radius 1 is 1.24 bits per heavy atom. The first-order chi connectivity index (χ1) is 10.0. The third-order valence-electron chi connectivity index (χ3n) is 2.85. The molecule has 1 N–H and O–H groups in total. The zero-order valence-corrected chi connectivity index (χ0v) is 11.5. The molecule has 0 fully saturated rings. The Balaban J connectivity index is 2.02. The molecular formula is C15H16F3NO2. The SMILES string of the molecule is CCNCc1coc(COc2ccccc2C(F)(F)F)c1. The summed E-state index contributed by atoms with van der Waals surface area (Å²) in [7, 11) is 0. The molecule has 1 aromatic heterocycles. The average molecular weight is 299 g/mol. The summed E-state index contributed by atoms with van der Waals surface area (Å²) in [6.45, 7) is 3.42. The van der Waals surface area contributed by atoms with Gasteiger partial charge in [0.1, 0.15) is 18.1 Å². The molecule has 3 nitrogen and oxygen atoms in total. The van der Waals surface area contributed by atoms with E-state index in [4.69, 9.17) is 9.15 Å². The molecule has 0 aliphatic rings. The number of nitrogens with one attached hydrogen (secondary N) is 1. The van der Waals surface area contributed by atoms with E-state index in [1.807, 2.05) is 6.92 Å². The minimum atomic E-state index is -4.43. The van der Waals surface area contributed by atoms with Crippen molar-refractivity contribution in [2.45, 2.75) is 26.3 Å². The molecular weight excluding hydrogens is 283 g/mol. The van der Waals surface area contributed by atoms with Gasteiger partial charge in [0.15, 0.2) is 0 Å². The van der Waals surface area contributed by atoms with Crippen LogP contribution in [0.15, 0.2) is 41.0 Å². The van der Waals surface area contributed by atoms with Gasteiger partial charge in [-0.25, -0.2) is 0 Å². The Hall–Kier alpha value is -1.95. The van der Waals surface area contributed by atoms with Crippen LogP contribution in [-0.2, 0) is 19.3 Å². The lowest BCUT2D eigenvalue weighted by atomic mass is 10.2. The Kier molecular flexibility index (Phi) is 4.90. The fraction of sp³-hybridized carbons (Fsp3) is 0.333. The van der Waals surface area contributed by atoms with Gasteiger partial charge in [-0.2, -0.15) is 13.2 Å². The van der Waals surface area contributed by atoms with Crippen LogP contribution < -0.4 is 10.1 Å². The maximum Gasteiger partial charge on any atom is 0.419 e. The molecule has 0 saturated heterocycles. The number of hydrogen-bond donors (Lipinski definition) is 1. The second kappa shape index (κ2) is 6.67. The standard InChI is InChI=1S/C15H16F3NO2/c1-2-19-8-11-7-12(20-9-11)10-21-14-6-4-3-5-13(14)15(16,17)18/h3-7,9,19H,2,8,10H2,1H3. The summed E-state index contributed by atoms with van der Waals surface area (Å²) in [5.74, 6) is 0.287. The van der Waals surface area contributed by atoms with Gasteiger partial charge in [0.25, 0.3) is 0 Å². The number of benzene rings is 1. The molecule has 1 aromatic carbocycles. The van der Waals surface area contributed by atoms with Crippen LogP contribution in [0.3, 0.4) is 0 Å². The van der Waals surface area contributed by atoms with Gasteiger partial charge in [0.05, 0.1) is 11.8 Å². The van der Waals surface area contributed by atoms with Gasteiger partial charge in [-0.05, 0) is 24.7 Å². The number of para-hydroxylation sites is 1. The number of halogens is 3. The fourth-order valence-corrected chi connectivity index (χ4v) is 1.84. The molecule has 2 aromatic rings. The molecule has 114 valence electrons. The maximum atomic E-state index is 12.8. The van der Waals surface area contributed by atoms with Gasteiger partial charge in [-0.15, -0.1) is 0 Å².